The second kappa shape index (κ2) is 44.1. The zero-order chi connectivity index (χ0) is 41.1. The first-order valence-electron chi connectivity index (χ1n) is 24.7. The summed E-state index contributed by atoms with van der Waals surface area (Å²) in [5.74, 6) is -0.155. The van der Waals surface area contributed by atoms with Crippen LogP contribution in [0.1, 0.15) is 264 Å². The lowest BCUT2D eigenvalue weighted by Gasteiger charge is -2.25. The monoisotopic (exact) mass is 817 g/mol. The number of phosphoric acid groups is 1. The van der Waals surface area contributed by atoms with Crippen molar-refractivity contribution < 1.29 is 28.4 Å². The highest BCUT2D eigenvalue weighted by atomic mass is 31.2. The highest BCUT2D eigenvalue weighted by Crippen LogP contribution is 2.43. The van der Waals surface area contributed by atoms with E-state index in [2.05, 4.69) is 19.2 Å². The number of aliphatic hydroxyl groups excluding tert-OH is 1. The average molecular weight is 817 g/mol. The van der Waals surface area contributed by atoms with Crippen LogP contribution < -0.4 is 11.1 Å². The van der Waals surface area contributed by atoms with E-state index in [-0.39, 0.29) is 25.7 Å². The van der Waals surface area contributed by atoms with Crippen molar-refractivity contribution >= 4 is 13.7 Å². The van der Waals surface area contributed by atoms with Crippen molar-refractivity contribution in [2.24, 2.45) is 5.73 Å². The maximum absolute atomic E-state index is 12.8. The summed E-state index contributed by atoms with van der Waals surface area (Å²) in [5, 5.41) is 13.8. The molecule has 0 radical (unpaired) electrons. The highest BCUT2D eigenvalue weighted by Gasteiger charge is 2.27. The summed E-state index contributed by atoms with van der Waals surface area (Å²) in [7, 11) is -4.31. The fraction of sp³-hybridized carbons (Fsp3) is 0.979. The Morgan fingerprint density at radius 2 is 0.821 bits per heavy atom. The van der Waals surface area contributed by atoms with Crippen molar-refractivity contribution in [1.82, 2.24) is 5.32 Å². The van der Waals surface area contributed by atoms with Gasteiger partial charge in [-0.3, -0.25) is 13.8 Å². The molecule has 0 fully saturated rings. The van der Waals surface area contributed by atoms with Gasteiger partial charge in [-0.1, -0.05) is 245 Å². The number of carbonyl (C=O) groups excluding carboxylic acids is 1. The van der Waals surface area contributed by atoms with E-state index in [9.17, 15) is 19.4 Å². The van der Waals surface area contributed by atoms with Crippen molar-refractivity contribution in [2.75, 3.05) is 19.8 Å². The Labute approximate surface area is 348 Å². The van der Waals surface area contributed by atoms with Gasteiger partial charge in [0.1, 0.15) is 0 Å². The molecule has 56 heavy (non-hydrogen) atoms. The Hall–Kier alpha value is -0.500. The normalized spacial score (nSPS) is 13.9. The van der Waals surface area contributed by atoms with Crippen LogP contribution in [0.15, 0.2) is 0 Å². The fourth-order valence-corrected chi connectivity index (χ4v) is 8.49. The number of amides is 1. The third-order valence-corrected chi connectivity index (χ3v) is 12.4. The van der Waals surface area contributed by atoms with Gasteiger partial charge < -0.3 is 21.1 Å². The molecule has 0 aromatic rings. The standard InChI is InChI=1S/C47H97N2O6P/c1-3-5-7-9-11-13-15-17-18-19-20-21-22-23-24-25-26-27-29-31-33-35-37-39-41-47(51)49-45(44-55-56(52,53)54-43-42-48)46(50)40-38-36-34-32-30-28-16-14-12-10-8-6-4-2/h45-46,50H,3-44,48H2,1-2H3,(H,49,51)(H,52,53)/t45-,46+/m0/s1. The van der Waals surface area contributed by atoms with E-state index in [1.54, 1.807) is 0 Å². The molecule has 3 atom stereocenters. The Balaban J connectivity index is 3.95. The molecule has 0 spiro atoms. The van der Waals surface area contributed by atoms with E-state index in [1.165, 1.54) is 199 Å². The molecule has 0 saturated carbocycles. The molecule has 336 valence electrons. The van der Waals surface area contributed by atoms with Gasteiger partial charge in [-0.25, -0.2) is 4.57 Å². The third kappa shape index (κ3) is 41.7. The SMILES string of the molecule is CCCCCCCCCCCCCCCCCCCCCCCCCCC(=O)N[C@@H](COP(=O)(O)OCCN)[C@H](O)CCCCCCCCCCCCCCC. The zero-order valence-electron chi connectivity index (χ0n) is 37.4. The quantitative estimate of drug-likeness (QED) is 0.0355. The molecule has 5 N–H and O–H groups in total. The topological polar surface area (TPSA) is 131 Å². The van der Waals surface area contributed by atoms with Gasteiger partial charge in [0.2, 0.25) is 5.91 Å². The Bertz CT molecular complexity index is 849. The number of hydrogen-bond donors (Lipinski definition) is 4. The van der Waals surface area contributed by atoms with Crippen LogP contribution in [0, 0.1) is 0 Å². The molecular weight excluding hydrogens is 719 g/mol. The lowest BCUT2D eigenvalue weighted by Crippen LogP contribution is -2.46. The van der Waals surface area contributed by atoms with E-state index in [0.717, 1.165) is 38.5 Å². The van der Waals surface area contributed by atoms with E-state index >= 15 is 0 Å². The molecule has 8 nitrogen and oxygen atoms in total. The minimum atomic E-state index is -4.31. The summed E-state index contributed by atoms with van der Waals surface area (Å²) in [6.45, 7) is 4.25. The zero-order valence-corrected chi connectivity index (χ0v) is 38.3. The summed E-state index contributed by atoms with van der Waals surface area (Å²) in [4.78, 5) is 22.8. The average Bonchev–Trinajstić information content (AvgIpc) is 3.19. The lowest BCUT2D eigenvalue weighted by atomic mass is 10.0. The second-order valence-electron chi connectivity index (χ2n) is 17.0. The molecule has 1 amide bonds. The van der Waals surface area contributed by atoms with Crippen molar-refractivity contribution in [3.8, 4) is 0 Å². The van der Waals surface area contributed by atoms with E-state index in [4.69, 9.17) is 14.8 Å². The summed E-state index contributed by atoms with van der Waals surface area (Å²) < 4.78 is 22.2. The van der Waals surface area contributed by atoms with Crippen LogP contribution >= 0.6 is 7.82 Å². The number of aliphatic hydroxyl groups is 1. The number of hydrogen-bond acceptors (Lipinski definition) is 6. The first kappa shape index (κ1) is 55.5. The van der Waals surface area contributed by atoms with Crippen LogP contribution in [0.2, 0.25) is 0 Å². The maximum atomic E-state index is 12.8. The Morgan fingerprint density at radius 1 is 0.518 bits per heavy atom. The van der Waals surface area contributed by atoms with Crippen LogP contribution in [0.5, 0.6) is 0 Å². The summed E-state index contributed by atoms with van der Waals surface area (Å²) in [5.41, 5.74) is 5.39. The first-order valence-corrected chi connectivity index (χ1v) is 26.1. The van der Waals surface area contributed by atoms with Crippen molar-refractivity contribution in [3.05, 3.63) is 0 Å². The molecule has 0 saturated heterocycles. The molecule has 0 aromatic carbocycles. The summed E-state index contributed by atoms with van der Waals surface area (Å²) in [6, 6.07) is -0.767. The highest BCUT2D eigenvalue weighted by molar-refractivity contribution is 7.47. The largest absolute Gasteiger partial charge is 0.472 e. The van der Waals surface area contributed by atoms with Crippen molar-refractivity contribution in [1.29, 1.82) is 0 Å². The fourth-order valence-electron chi connectivity index (χ4n) is 7.73. The predicted molar refractivity (Wildman–Crippen MR) is 240 cm³/mol. The van der Waals surface area contributed by atoms with Gasteiger partial charge in [0.25, 0.3) is 0 Å². The van der Waals surface area contributed by atoms with Gasteiger partial charge in [-0.2, -0.15) is 0 Å². The molecule has 0 aliphatic carbocycles. The van der Waals surface area contributed by atoms with Crippen molar-refractivity contribution in [2.45, 2.75) is 276 Å². The van der Waals surface area contributed by atoms with Gasteiger partial charge >= 0.3 is 7.82 Å². The molecule has 0 rings (SSSR count). The van der Waals surface area contributed by atoms with Gasteiger partial charge in [0.05, 0.1) is 25.4 Å². The molecule has 0 bridgehead atoms. The molecular formula is C47H97N2O6P. The maximum Gasteiger partial charge on any atom is 0.472 e. The molecule has 9 heteroatoms. The van der Waals surface area contributed by atoms with Crippen molar-refractivity contribution in [3.63, 3.8) is 0 Å². The van der Waals surface area contributed by atoms with Crippen LogP contribution in [0.3, 0.4) is 0 Å². The van der Waals surface area contributed by atoms with Gasteiger partial charge in [-0.15, -0.1) is 0 Å². The lowest BCUT2D eigenvalue weighted by molar-refractivity contribution is -0.123. The Morgan fingerprint density at radius 3 is 1.14 bits per heavy atom. The Kier molecular flexibility index (Phi) is 43.7. The minimum absolute atomic E-state index is 0.0926. The molecule has 0 aliphatic rings. The molecule has 1 unspecified atom stereocenters. The number of carbonyl (C=O) groups is 1. The number of nitrogens with two attached hydrogens (primary N) is 1. The smallest absolute Gasteiger partial charge is 0.391 e. The predicted octanol–water partition coefficient (Wildman–Crippen LogP) is 14.2. The van der Waals surface area contributed by atoms with Gasteiger partial charge in [0, 0.05) is 13.0 Å². The number of unbranched alkanes of at least 4 members (excludes halogenated alkanes) is 35. The van der Waals surface area contributed by atoms with Crippen LogP contribution in [0.4, 0.5) is 0 Å². The number of rotatable bonds is 47. The van der Waals surface area contributed by atoms with Gasteiger partial charge in [-0.05, 0) is 12.8 Å². The van der Waals surface area contributed by atoms with Crippen LogP contribution in [-0.2, 0) is 18.4 Å². The van der Waals surface area contributed by atoms with E-state index in [0.29, 0.717) is 12.8 Å². The molecule has 0 heterocycles. The van der Waals surface area contributed by atoms with E-state index in [1.807, 2.05) is 0 Å². The number of nitrogens with one attached hydrogen (secondary N) is 1. The summed E-state index contributed by atoms with van der Waals surface area (Å²) in [6.07, 6.45) is 48.4. The van der Waals surface area contributed by atoms with Gasteiger partial charge in [0.15, 0.2) is 0 Å². The molecule has 0 aromatic heterocycles. The second-order valence-corrected chi connectivity index (χ2v) is 18.5. The third-order valence-electron chi connectivity index (χ3n) is 11.5. The van der Waals surface area contributed by atoms with Crippen LogP contribution in [-0.4, -0.2) is 47.8 Å². The minimum Gasteiger partial charge on any atom is -0.391 e. The first-order chi connectivity index (χ1) is 27.4. The van der Waals surface area contributed by atoms with E-state index < -0.39 is 20.0 Å². The molecule has 0 aliphatic heterocycles. The van der Waals surface area contributed by atoms with Crippen LogP contribution in [0.25, 0.3) is 0 Å². The number of phosphoric ester groups is 1. The summed E-state index contributed by atoms with van der Waals surface area (Å²) >= 11 is 0.